The van der Waals surface area contributed by atoms with Crippen LogP contribution in [0.3, 0.4) is 0 Å². The number of aromatic amines is 2. The SMILES string of the molecule is O=C(Nc1cccc2cc[nH]c12)c1ccnc(-c2cc(C(=O)Nc3cccc4cc[nH]c34)ccn2)c1. The minimum atomic E-state index is -0.270. The van der Waals surface area contributed by atoms with Gasteiger partial charge in [0.1, 0.15) is 0 Å². The number of pyridine rings is 2. The van der Waals surface area contributed by atoms with E-state index < -0.39 is 0 Å². The van der Waals surface area contributed by atoms with Crippen LogP contribution in [0.5, 0.6) is 0 Å². The van der Waals surface area contributed by atoms with Crippen LogP contribution in [0.25, 0.3) is 33.2 Å². The van der Waals surface area contributed by atoms with Gasteiger partial charge in [-0.3, -0.25) is 19.6 Å². The monoisotopic (exact) mass is 472 g/mol. The number of hydrogen-bond donors (Lipinski definition) is 4. The minimum Gasteiger partial charge on any atom is -0.359 e. The summed E-state index contributed by atoms with van der Waals surface area (Å²) >= 11 is 0. The standard InChI is InChI=1S/C28H20N6O2/c35-27(33-21-5-1-3-17-7-13-31-25(17)21)19-9-11-29-23(15-19)24-16-20(10-12-30-24)28(36)34-22-6-2-4-18-8-14-32-26(18)22/h1-16,31-32H,(H,33,35)(H,34,36). The van der Waals surface area contributed by atoms with Gasteiger partial charge in [0.15, 0.2) is 0 Å². The molecule has 2 aromatic carbocycles. The summed E-state index contributed by atoms with van der Waals surface area (Å²) in [7, 11) is 0. The number of nitrogens with zero attached hydrogens (tertiary/aromatic N) is 2. The van der Waals surface area contributed by atoms with E-state index in [1.165, 1.54) is 0 Å². The summed E-state index contributed by atoms with van der Waals surface area (Å²) in [5.74, 6) is -0.539. The van der Waals surface area contributed by atoms with Gasteiger partial charge in [-0.1, -0.05) is 24.3 Å². The molecule has 8 nitrogen and oxygen atoms in total. The summed E-state index contributed by atoms with van der Waals surface area (Å²) in [5, 5.41) is 7.92. The molecule has 0 saturated carbocycles. The van der Waals surface area contributed by atoms with Crippen molar-refractivity contribution in [3.05, 3.63) is 109 Å². The first-order chi connectivity index (χ1) is 17.7. The van der Waals surface area contributed by atoms with Gasteiger partial charge in [0.25, 0.3) is 11.8 Å². The smallest absolute Gasteiger partial charge is 0.255 e. The molecule has 6 aromatic rings. The molecule has 4 aromatic heterocycles. The Hall–Kier alpha value is -5.24. The molecule has 0 aliphatic carbocycles. The van der Waals surface area contributed by atoms with Crippen molar-refractivity contribution in [2.45, 2.75) is 0 Å². The van der Waals surface area contributed by atoms with Crippen molar-refractivity contribution in [2.75, 3.05) is 10.6 Å². The second kappa shape index (κ2) is 8.84. The third-order valence-electron chi connectivity index (χ3n) is 5.98. The van der Waals surface area contributed by atoms with Gasteiger partial charge in [0, 0.05) is 46.7 Å². The predicted octanol–water partition coefficient (Wildman–Crippen LogP) is 5.61. The Balaban J connectivity index is 1.24. The molecule has 4 heterocycles. The highest BCUT2D eigenvalue weighted by atomic mass is 16.2. The van der Waals surface area contributed by atoms with Gasteiger partial charge in [-0.2, -0.15) is 0 Å². The average molecular weight is 473 g/mol. The molecule has 0 bridgehead atoms. The lowest BCUT2D eigenvalue weighted by Crippen LogP contribution is -2.13. The summed E-state index contributed by atoms with van der Waals surface area (Å²) in [5.41, 5.74) is 4.93. The van der Waals surface area contributed by atoms with E-state index in [0.29, 0.717) is 33.9 Å². The summed E-state index contributed by atoms with van der Waals surface area (Å²) in [6.07, 6.45) is 6.77. The highest BCUT2D eigenvalue weighted by Gasteiger charge is 2.14. The van der Waals surface area contributed by atoms with E-state index in [1.54, 1.807) is 36.7 Å². The van der Waals surface area contributed by atoms with Crippen LogP contribution in [0.1, 0.15) is 20.7 Å². The van der Waals surface area contributed by atoms with Crippen molar-refractivity contribution < 1.29 is 9.59 Å². The van der Waals surface area contributed by atoms with Crippen molar-refractivity contribution in [3.63, 3.8) is 0 Å². The molecule has 0 radical (unpaired) electrons. The van der Waals surface area contributed by atoms with Crippen molar-refractivity contribution >= 4 is 45.0 Å². The number of nitrogens with one attached hydrogen (secondary N) is 4. The first kappa shape index (κ1) is 21.3. The fourth-order valence-corrected chi connectivity index (χ4v) is 4.19. The van der Waals surface area contributed by atoms with Crippen molar-refractivity contribution in [1.29, 1.82) is 0 Å². The Morgan fingerprint density at radius 1 is 0.611 bits per heavy atom. The lowest BCUT2D eigenvalue weighted by Gasteiger charge is -2.09. The number of amides is 2. The molecule has 0 aliphatic rings. The van der Waals surface area contributed by atoms with Crippen LogP contribution >= 0.6 is 0 Å². The molecule has 0 saturated heterocycles. The van der Waals surface area contributed by atoms with Crippen LogP contribution in [-0.4, -0.2) is 31.8 Å². The lowest BCUT2D eigenvalue weighted by atomic mass is 10.1. The number of H-pyrrole nitrogens is 2. The van der Waals surface area contributed by atoms with E-state index in [-0.39, 0.29) is 11.8 Å². The first-order valence-electron chi connectivity index (χ1n) is 11.3. The van der Waals surface area contributed by atoms with E-state index in [2.05, 4.69) is 30.6 Å². The Kier molecular flexibility index (Phi) is 5.23. The van der Waals surface area contributed by atoms with E-state index in [0.717, 1.165) is 21.8 Å². The zero-order chi connectivity index (χ0) is 24.5. The maximum Gasteiger partial charge on any atom is 0.255 e. The van der Waals surface area contributed by atoms with Crippen LogP contribution in [-0.2, 0) is 0 Å². The van der Waals surface area contributed by atoms with E-state index in [4.69, 9.17) is 0 Å². The molecule has 0 unspecified atom stereocenters. The largest absolute Gasteiger partial charge is 0.359 e. The van der Waals surface area contributed by atoms with Gasteiger partial charge in [-0.25, -0.2) is 0 Å². The van der Waals surface area contributed by atoms with Gasteiger partial charge in [-0.15, -0.1) is 0 Å². The summed E-state index contributed by atoms with van der Waals surface area (Å²) in [6.45, 7) is 0. The fraction of sp³-hybridized carbons (Fsp3) is 0. The summed E-state index contributed by atoms with van der Waals surface area (Å²) < 4.78 is 0. The highest BCUT2D eigenvalue weighted by molar-refractivity contribution is 6.10. The Morgan fingerprint density at radius 2 is 1.08 bits per heavy atom. The summed E-state index contributed by atoms with van der Waals surface area (Å²) in [6, 6.07) is 21.9. The highest BCUT2D eigenvalue weighted by Crippen LogP contribution is 2.24. The van der Waals surface area contributed by atoms with E-state index in [9.17, 15) is 9.59 Å². The Morgan fingerprint density at radius 3 is 1.56 bits per heavy atom. The van der Waals surface area contributed by atoms with E-state index >= 15 is 0 Å². The molecule has 4 N–H and O–H groups in total. The van der Waals surface area contributed by atoms with E-state index in [1.807, 2.05) is 60.9 Å². The quantitative estimate of drug-likeness (QED) is 0.261. The van der Waals surface area contributed by atoms with Crippen LogP contribution < -0.4 is 10.6 Å². The second-order valence-corrected chi connectivity index (χ2v) is 8.26. The molecule has 0 spiro atoms. The lowest BCUT2D eigenvalue weighted by molar-refractivity contribution is 0.101. The number of hydrogen-bond acceptors (Lipinski definition) is 4. The number of fused-ring (bicyclic) bond motifs is 2. The third kappa shape index (κ3) is 3.97. The van der Waals surface area contributed by atoms with Gasteiger partial charge in [-0.05, 0) is 48.5 Å². The molecular weight excluding hydrogens is 452 g/mol. The molecule has 0 atom stereocenters. The molecule has 0 aliphatic heterocycles. The zero-order valence-electron chi connectivity index (χ0n) is 18.9. The molecule has 174 valence electrons. The third-order valence-corrected chi connectivity index (χ3v) is 5.98. The molecule has 2 amide bonds. The minimum absolute atomic E-state index is 0.270. The average Bonchev–Trinajstić information content (AvgIpc) is 3.60. The van der Waals surface area contributed by atoms with Crippen molar-refractivity contribution in [3.8, 4) is 11.4 Å². The van der Waals surface area contributed by atoms with Gasteiger partial charge < -0.3 is 20.6 Å². The number of carbonyl (C=O) groups is 2. The first-order valence-corrected chi connectivity index (χ1v) is 11.3. The fourth-order valence-electron chi connectivity index (χ4n) is 4.19. The molecular formula is C28H20N6O2. The second-order valence-electron chi connectivity index (χ2n) is 8.26. The number of rotatable bonds is 5. The van der Waals surface area contributed by atoms with Crippen LogP contribution in [0, 0.1) is 0 Å². The predicted molar refractivity (Wildman–Crippen MR) is 140 cm³/mol. The van der Waals surface area contributed by atoms with Crippen LogP contribution in [0.4, 0.5) is 11.4 Å². The zero-order valence-corrected chi connectivity index (χ0v) is 18.9. The Labute approximate surface area is 205 Å². The Bertz CT molecular complexity index is 1620. The van der Waals surface area contributed by atoms with Crippen molar-refractivity contribution in [1.82, 2.24) is 19.9 Å². The number of aromatic nitrogens is 4. The number of carbonyl (C=O) groups excluding carboxylic acids is 2. The van der Waals surface area contributed by atoms with Gasteiger partial charge in [0.2, 0.25) is 0 Å². The number of para-hydroxylation sites is 2. The van der Waals surface area contributed by atoms with Gasteiger partial charge in [0.05, 0.1) is 33.8 Å². The molecule has 6 rings (SSSR count). The topological polar surface area (TPSA) is 116 Å². The number of benzene rings is 2. The normalized spacial score (nSPS) is 11.0. The number of anilines is 2. The maximum atomic E-state index is 13.0. The molecule has 8 heteroatoms. The van der Waals surface area contributed by atoms with Gasteiger partial charge >= 0.3 is 0 Å². The van der Waals surface area contributed by atoms with Crippen LogP contribution in [0.2, 0.25) is 0 Å². The maximum absolute atomic E-state index is 13.0. The summed E-state index contributed by atoms with van der Waals surface area (Å²) in [4.78, 5) is 41.0. The molecule has 36 heavy (non-hydrogen) atoms. The van der Waals surface area contributed by atoms with Crippen molar-refractivity contribution in [2.24, 2.45) is 0 Å². The molecule has 0 fully saturated rings. The van der Waals surface area contributed by atoms with Crippen LogP contribution in [0.15, 0.2) is 97.6 Å².